The Labute approximate surface area is 159 Å². The number of fused-ring (bicyclic) bond motifs is 1. The molecule has 2 heterocycles. The summed E-state index contributed by atoms with van der Waals surface area (Å²) in [5, 5.41) is 6.26. The fraction of sp³-hybridized carbons (Fsp3) is 0.389. The van der Waals surface area contributed by atoms with Crippen molar-refractivity contribution in [1.29, 1.82) is 0 Å². The number of hydrogen-bond acceptors (Lipinski definition) is 4. The van der Waals surface area contributed by atoms with Crippen molar-refractivity contribution in [3.8, 4) is 0 Å². The Bertz CT molecular complexity index is 822. The molecule has 2 amide bonds. The highest BCUT2D eigenvalue weighted by atomic mass is 79.9. The fourth-order valence-corrected chi connectivity index (χ4v) is 3.85. The third-order valence-electron chi connectivity index (χ3n) is 4.44. The van der Waals surface area contributed by atoms with Gasteiger partial charge in [0.2, 0.25) is 5.91 Å². The third kappa shape index (κ3) is 3.75. The topological polar surface area (TPSA) is 89.4 Å². The first-order valence-corrected chi connectivity index (χ1v) is 9.25. The summed E-state index contributed by atoms with van der Waals surface area (Å²) in [7, 11) is 1.76. The van der Waals surface area contributed by atoms with E-state index in [1.165, 1.54) is 0 Å². The van der Waals surface area contributed by atoms with Crippen LogP contribution >= 0.6 is 15.9 Å². The summed E-state index contributed by atoms with van der Waals surface area (Å²) in [4.78, 5) is 36.4. The smallest absolute Gasteiger partial charge is 0.356 e. The van der Waals surface area contributed by atoms with Gasteiger partial charge in [0.1, 0.15) is 11.7 Å². The molecule has 7 nitrogen and oxygen atoms in total. The number of amides is 2. The predicted molar refractivity (Wildman–Crippen MR) is 99.7 cm³/mol. The lowest BCUT2D eigenvalue weighted by molar-refractivity contribution is -0.130. The summed E-state index contributed by atoms with van der Waals surface area (Å²) < 4.78 is 7.51. The standard InChI is InChI=1S/C18H20BrN3O4/c1-22-13-8-3-2-6-11(13)15(19)16(22)18(25)26-10-14(23)21-12-7-4-5-9-20-17(12)24/h2-3,6,8,12H,4-5,7,9-10H2,1H3,(H,20,24)(H,21,23)/t12-/m0/s1. The van der Waals surface area contributed by atoms with E-state index in [0.717, 1.165) is 23.7 Å². The lowest BCUT2D eigenvalue weighted by atomic mass is 10.1. The summed E-state index contributed by atoms with van der Waals surface area (Å²) in [6, 6.07) is 6.98. The number of aryl methyl sites for hydroxylation is 1. The van der Waals surface area contributed by atoms with E-state index in [-0.39, 0.29) is 5.91 Å². The van der Waals surface area contributed by atoms with Gasteiger partial charge in [-0.1, -0.05) is 18.2 Å². The minimum Gasteiger partial charge on any atom is -0.451 e. The number of esters is 1. The highest BCUT2D eigenvalue weighted by Crippen LogP contribution is 2.30. The zero-order valence-corrected chi connectivity index (χ0v) is 16.0. The highest BCUT2D eigenvalue weighted by molar-refractivity contribution is 9.10. The number of para-hydroxylation sites is 1. The van der Waals surface area contributed by atoms with Crippen LogP contribution in [0.5, 0.6) is 0 Å². The first-order valence-electron chi connectivity index (χ1n) is 8.46. The molecule has 0 bridgehead atoms. The molecule has 138 valence electrons. The van der Waals surface area contributed by atoms with Crippen LogP contribution in [0.2, 0.25) is 0 Å². The molecule has 1 aromatic carbocycles. The second-order valence-electron chi connectivity index (χ2n) is 6.22. The maximum absolute atomic E-state index is 12.4. The van der Waals surface area contributed by atoms with Crippen LogP contribution in [0, 0.1) is 0 Å². The van der Waals surface area contributed by atoms with E-state index in [0.29, 0.717) is 23.1 Å². The Hall–Kier alpha value is -2.35. The predicted octanol–water partition coefficient (Wildman–Crippen LogP) is 1.88. The van der Waals surface area contributed by atoms with Crippen molar-refractivity contribution in [2.45, 2.75) is 25.3 Å². The van der Waals surface area contributed by atoms with Crippen molar-refractivity contribution in [2.24, 2.45) is 7.05 Å². The quantitative estimate of drug-likeness (QED) is 0.737. The van der Waals surface area contributed by atoms with Gasteiger partial charge in [-0.15, -0.1) is 0 Å². The third-order valence-corrected chi connectivity index (χ3v) is 5.25. The molecule has 0 unspecified atom stereocenters. The summed E-state index contributed by atoms with van der Waals surface area (Å²) in [6.07, 6.45) is 2.33. The number of rotatable bonds is 4. The molecule has 1 aliphatic heterocycles. The first-order chi connectivity index (χ1) is 12.5. The normalized spacial score (nSPS) is 17.5. The van der Waals surface area contributed by atoms with Gasteiger partial charge in [0.05, 0.1) is 4.47 Å². The van der Waals surface area contributed by atoms with E-state index in [9.17, 15) is 14.4 Å². The second kappa shape index (κ2) is 7.90. The molecule has 1 fully saturated rings. The number of halogens is 1. The van der Waals surface area contributed by atoms with Crippen molar-refractivity contribution >= 4 is 44.6 Å². The molecule has 2 aromatic rings. The van der Waals surface area contributed by atoms with Crippen molar-refractivity contribution in [2.75, 3.05) is 13.2 Å². The number of ether oxygens (including phenoxy) is 1. The minimum atomic E-state index is -0.601. The maximum atomic E-state index is 12.4. The summed E-state index contributed by atoms with van der Waals surface area (Å²) in [6.45, 7) is 0.186. The highest BCUT2D eigenvalue weighted by Gasteiger charge is 2.24. The zero-order chi connectivity index (χ0) is 18.7. The van der Waals surface area contributed by atoms with Crippen LogP contribution in [0.15, 0.2) is 28.7 Å². The summed E-state index contributed by atoms with van der Waals surface area (Å²) in [5.74, 6) is -1.29. The molecule has 0 spiro atoms. The Morgan fingerprint density at radius 1 is 1.35 bits per heavy atom. The molecule has 1 aromatic heterocycles. The van der Waals surface area contributed by atoms with Crippen molar-refractivity contribution in [1.82, 2.24) is 15.2 Å². The molecule has 8 heteroatoms. The van der Waals surface area contributed by atoms with E-state index < -0.39 is 24.5 Å². The second-order valence-corrected chi connectivity index (χ2v) is 7.01. The lowest BCUT2D eigenvalue weighted by Gasteiger charge is -2.15. The fourth-order valence-electron chi connectivity index (χ4n) is 3.09. The summed E-state index contributed by atoms with van der Waals surface area (Å²) >= 11 is 3.43. The number of benzene rings is 1. The SMILES string of the molecule is Cn1c(C(=O)OCC(=O)N[C@H]2CCCCNC2=O)c(Br)c2ccccc21. The average molecular weight is 422 g/mol. The molecule has 1 atom stereocenters. The Kier molecular flexibility index (Phi) is 5.61. The molecule has 0 aliphatic carbocycles. The molecule has 0 saturated carbocycles. The Morgan fingerprint density at radius 2 is 2.12 bits per heavy atom. The van der Waals surface area contributed by atoms with Crippen LogP contribution in [0.1, 0.15) is 29.8 Å². The van der Waals surface area contributed by atoms with E-state index in [2.05, 4.69) is 26.6 Å². The van der Waals surface area contributed by atoms with Crippen LogP contribution in [0.3, 0.4) is 0 Å². The average Bonchev–Trinajstić information content (AvgIpc) is 2.75. The molecule has 1 saturated heterocycles. The van der Waals surface area contributed by atoms with Crippen LogP contribution < -0.4 is 10.6 Å². The van der Waals surface area contributed by atoms with Crippen LogP contribution in [0.25, 0.3) is 10.9 Å². The zero-order valence-electron chi connectivity index (χ0n) is 14.4. The number of nitrogens with zero attached hydrogens (tertiary/aromatic N) is 1. The van der Waals surface area contributed by atoms with Gasteiger partial charge < -0.3 is 19.9 Å². The molecule has 26 heavy (non-hydrogen) atoms. The van der Waals surface area contributed by atoms with Crippen LogP contribution in [-0.4, -0.2) is 41.5 Å². The minimum absolute atomic E-state index is 0.196. The molecule has 0 radical (unpaired) electrons. The maximum Gasteiger partial charge on any atom is 0.356 e. The van der Waals surface area contributed by atoms with Gasteiger partial charge >= 0.3 is 5.97 Å². The Balaban J connectivity index is 1.64. The van der Waals surface area contributed by atoms with Gasteiger partial charge in [-0.2, -0.15) is 0 Å². The first kappa shape index (κ1) is 18.4. The van der Waals surface area contributed by atoms with Crippen LogP contribution in [0.4, 0.5) is 0 Å². The van der Waals surface area contributed by atoms with E-state index in [1.807, 2.05) is 24.3 Å². The van der Waals surface area contributed by atoms with Gasteiger partial charge in [0.25, 0.3) is 5.91 Å². The number of carbonyl (C=O) groups excluding carboxylic acids is 3. The van der Waals surface area contributed by atoms with Gasteiger partial charge in [0, 0.05) is 24.5 Å². The Morgan fingerprint density at radius 3 is 2.88 bits per heavy atom. The number of aromatic nitrogens is 1. The van der Waals surface area contributed by atoms with Crippen molar-refractivity contribution < 1.29 is 19.1 Å². The largest absolute Gasteiger partial charge is 0.451 e. The van der Waals surface area contributed by atoms with Gasteiger partial charge in [-0.25, -0.2) is 4.79 Å². The molecular weight excluding hydrogens is 402 g/mol. The van der Waals surface area contributed by atoms with Crippen LogP contribution in [-0.2, 0) is 21.4 Å². The van der Waals surface area contributed by atoms with Crippen molar-refractivity contribution in [3.63, 3.8) is 0 Å². The van der Waals surface area contributed by atoms with Crippen molar-refractivity contribution in [3.05, 3.63) is 34.4 Å². The monoisotopic (exact) mass is 421 g/mol. The number of nitrogens with one attached hydrogen (secondary N) is 2. The van der Waals surface area contributed by atoms with E-state index in [1.54, 1.807) is 11.6 Å². The van der Waals surface area contributed by atoms with E-state index >= 15 is 0 Å². The van der Waals surface area contributed by atoms with Gasteiger partial charge in [-0.3, -0.25) is 9.59 Å². The molecule has 1 aliphatic rings. The lowest BCUT2D eigenvalue weighted by Crippen LogP contribution is -2.46. The van der Waals surface area contributed by atoms with E-state index in [4.69, 9.17) is 4.74 Å². The number of hydrogen-bond donors (Lipinski definition) is 2. The number of carbonyl (C=O) groups is 3. The molecular formula is C18H20BrN3O4. The van der Waals surface area contributed by atoms with Gasteiger partial charge in [0.15, 0.2) is 6.61 Å². The molecule has 2 N–H and O–H groups in total. The van der Waals surface area contributed by atoms with Gasteiger partial charge in [-0.05, 0) is 41.3 Å². The molecule has 3 rings (SSSR count). The summed E-state index contributed by atoms with van der Waals surface area (Å²) in [5.41, 5.74) is 1.22.